The van der Waals surface area contributed by atoms with Gasteiger partial charge >= 0.3 is 0 Å². The molecule has 2 saturated heterocycles. The van der Waals surface area contributed by atoms with Crippen LogP contribution in [0.2, 0.25) is 0 Å². The van der Waals surface area contributed by atoms with Gasteiger partial charge in [-0.25, -0.2) is 0 Å². The van der Waals surface area contributed by atoms with E-state index in [-0.39, 0.29) is 18.1 Å². The van der Waals surface area contributed by atoms with E-state index in [0.29, 0.717) is 26.1 Å². The number of amides is 1. The van der Waals surface area contributed by atoms with E-state index in [4.69, 9.17) is 4.74 Å². The van der Waals surface area contributed by atoms with Crippen LogP contribution in [-0.4, -0.2) is 30.4 Å². The third-order valence-corrected chi connectivity index (χ3v) is 2.58. The lowest BCUT2D eigenvalue weighted by Crippen LogP contribution is -2.50. The molecule has 0 atom stereocenters. The van der Waals surface area contributed by atoms with Crippen LogP contribution in [0.25, 0.3) is 0 Å². The highest BCUT2D eigenvalue weighted by Gasteiger charge is 2.46. The van der Waals surface area contributed by atoms with Crippen LogP contribution in [0, 0.1) is 0 Å². The monoisotopic (exact) mass is 169 g/mol. The van der Waals surface area contributed by atoms with Crippen molar-refractivity contribution in [3.8, 4) is 0 Å². The van der Waals surface area contributed by atoms with Crippen LogP contribution in [0.3, 0.4) is 0 Å². The van der Waals surface area contributed by atoms with Gasteiger partial charge in [0.2, 0.25) is 5.91 Å². The molecule has 1 amide bonds. The molecule has 0 unspecified atom stereocenters. The first-order valence-electron chi connectivity index (χ1n) is 4.15. The van der Waals surface area contributed by atoms with Gasteiger partial charge in [0.15, 0.2) is 5.78 Å². The molecule has 1 spiro atoms. The van der Waals surface area contributed by atoms with Crippen LogP contribution in [0.4, 0.5) is 0 Å². The zero-order valence-corrected chi connectivity index (χ0v) is 6.76. The Morgan fingerprint density at radius 1 is 1.25 bits per heavy atom. The maximum absolute atomic E-state index is 11.4. The predicted octanol–water partition coefficient (Wildman–Crippen LogP) is -0.375. The van der Waals surface area contributed by atoms with Gasteiger partial charge in [-0.05, 0) is 0 Å². The molecule has 2 rings (SSSR count). The Morgan fingerprint density at radius 2 is 1.92 bits per heavy atom. The first kappa shape index (κ1) is 7.73. The first-order chi connectivity index (χ1) is 5.73. The molecule has 0 radical (unpaired) electrons. The Labute approximate surface area is 70.3 Å². The standard InChI is InChI=1S/C8H11NO3/c10-6-5-7(11)9-8(6)1-3-12-4-2-8/h1-5H2,(H,9,11). The van der Waals surface area contributed by atoms with Crippen LogP contribution in [0.15, 0.2) is 0 Å². The van der Waals surface area contributed by atoms with Gasteiger partial charge in [0.1, 0.15) is 5.54 Å². The van der Waals surface area contributed by atoms with Crippen molar-refractivity contribution in [2.45, 2.75) is 24.8 Å². The number of nitrogens with one attached hydrogen (secondary N) is 1. The zero-order valence-electron chi connectivity index (χ0n) is 6.76. The van der Waals surface area contributed by atoms with Gasteiger partial charge < -0.3 is 10.1 Å². The molecule has 2 aliphatic rings. The summed E-state index contributed by atoms with van der Waals surface area (Å²) < 4.78 is 5.14. The molecule has 12 heavy (non-hydrogen) atoms. The fraction of sp³-hybridized carbons (Fsp3) is 0.750. The number of carbonyl (C=O) groups excluding carboxylic acids is 2. The van der Waals surface area contributed by atoms with E-state index in [1.807, 2.05) is 0 Å². The fourth-order valence-electron chi connectivity index (χ4n) is 1.82. The molecule has 0 aromatic carbocycles. The van der Waals surface area contributed by atoms with Crippen LogP contribution >= 0.6 is 0 Å². The molecular formula is C8H11NO3. The summed E-state index contributed by atoms with van der Waals surface area (Å²) in [5.74, 6) is -0.0994. The lowest BCUT2D eigenvalue weighted by atomic mass is 9.88. The number of hydrogen-bond acceptors (Lipinski definition) is 3. The number of hydrogen-bond donors (Lipinski definition) is 1. The van der Waals surface area contributed by atoms with Gasteiger partial charge in [-0.1, -0.05) is 0 Å². The smallest absolute Gasteiger partial charge is 0.228 e. The average Bonchev–Trinajstić information content (AvgIpc) is 2.29. The van der Waals surface area contributed by atoms with E-state index in [1.165, 1.54) is 0 Å². The molecule has 4 nitrogen and oxygen atoms in total. The Hall–Kier alpha value is -0.900. The number of carbonyl (C=O) groups is 2. The summed E-state index contributed by atoms with van der Waals surface area (Å²) in [6.07, 6.45) is 1.33. The minimum atomic E-state index is -0.560. The molecular weight excluding hydrogens is 158 g/mol. The third kappa shape index (κ3) is 1.03. The van der Waals surface area contributed by atoms with Crippen LogP contribution in [-0.2, 0) is 14.3 Å². The Kier molecular flexibility index (Phi) is 1.65. The normalized spacial score (nSPS) is 27.7. The molecule has 0 aliphatic carbocycles. The molecule has 4 heteroatoms. The van der Waals surface area contributed by atoms with E-state index in [9.17, 15) is 9.59 Å². The fourth-order valence-corrected chi connectivity index (χ4v) is 1.82. The summed E-state index contributed by atoms with van der Waals surface area (Å²) in [6, 6.07) is 0. The van der Waals surface area contributed by atoms with E-state index in [0.717, 1.165) is 0 Å². The summed E-state index contributed by atoms with van der Waals surface area (Å²) in [6.45, 7) is 1.15. The quantitative estimate of drug-likeness (QED) is 0.503. The largest absolute Gasteiger partial charge is 0.381 e. The summed E-state index contributed by atoms with van der Waals surface area (Å²) in [5.41, 5.74) is -0.560. The maximum Gasteiger partial charge on any atom is 0.228 e. The van der Waals surface area contributed by atoms with Gasteiger partial charge in [0.05, 0.1) is 6.42 Å². The summed E-state index contributed by atoms with van der Waals surface area (Å²) in [7, 11) is 0. The topological polar surface area (TPSA) is 55.4 Å². The molecule has 2 fully saturated rings. The second-order valence-electron chi connectivity index (χ2n) is 3.34. The SMILES string of the molecule is O=C1CC(=O)C2(CCOCC2)N1. The van der Waals surface area contributed by atoms with Crippen molar-refractivity contribution >= 4 is 11.7 Å². The molecule has 2 aliphatic heterocycles. The van der Waals surface area contributed by atoms with Crippen molar-refractivity contribution in [1.29, 1.82) is 0 Å². The first-order valence-corrected chi connectivity index (χ1v) is 4.15. The van der Waals surface area contributed by atoms with Gasteiger partial charge in [-0.2, -0.15) is 0 Å². The molecule has 1 N–H and O–H groups in total. The number of rotatable bonds is 0. The maximum atomic E-state index is 11.4. The summed E-state index contributed by atoms with van der Waals surface area (Å²) in [4.78, 5) is 22.4. The summed E-state index contributed by atoms with van der Waals surface area (Å²) >= 11 is 0. The zero-order chi connectivity index (χ0) is 8.60. The molecule has 66 valence electrons. The van der Waals surface area contributed by atoms with Crippen molar-refractivity contribution in [1.82, 2.24) is 5.32 Å². The van der Waals surface area contributed by atoms with Crippen molar-refractivity contribution in [3.63, 3.8) is 0 Å². The molecule has 0 saturated carbocycles. The summed E-state index contributed by atoms with van der Waals surface area (Å²) in [5, 5.41) is 2.75. The van der Waals surface area contributed by atoms with Crippen molar-refractivity contribution < 1.29 is 14.3 Å². The number of Topliss-reactive ketones (excluding diaryl/α,β-unsaturated/α-hetero) is 1. The van der Waals surface area contributed by atoms with E-state index < -0.39 is 5.54 Å². The highest BCUT2D eigenvalue weighted by Crippen LogP contribution is 2.27. The minimum absolute atomic E-state index is 0.0378. The highest BCUT2D eigenvalue weighted by atomic mass is 16.5. The third-order valence-electron chi connectivity index (χ3n) is 2.58. The second-order valence-corrected chi connectivity index (χ2v) is 3.34. The Morgan fingerprint density at radius 3 is 2.42 bits per heavy atom. The second kappa shape index (κ2) is 2.55. The number of ether oxygens (including phenoxy) is 1. The van der Waals surface area contributed by atoms with Crippen molar-refractivity contribution in [2.24, 2.45) is 0 Å². The lowest BCUT2D eigenvalue weighted by molar-refractivity contribution is -0.125. The van der Waals surface area contributed by atoms with Gasteiger partial charge in [0, 0.05) is 26.1 Å². The van der Waals surface area contributed by atoms with Gasteiger partial charge in [-0.3, -0.25) is 9.59 Å². The van der Waals surface area contributed by atoms with Gasteiger partial charge in [-0.15, -0.1) is 0 Å². The lowest BCUT2D eigenvalue weighted by Gasteiger charge is -2.31. The van der Waals surface area contributed by atoms with E-state index >= 15 is 0 Å². The molecule has 0 bridgehead atoms. The predicted molar refractivity (Wildman–Crippen MR) is 40.6 cm³/mol. The highest BCUT2D eigenvalue weighted by molar-refractivity contribution is 6.10. The van der Waals surface area contributed by atoms with Crippen molar-refractivity contribution in [3.05, 3.63) is 0 Å². The van der Waals surface area contributed by atoms with Crippen LogP contribution in [0.1, 0.15) is 19.3 Å². The Balaban J connectivity index is 2.18. The average molecular weight is 169 g/mol. The van der Waals surface area contributed by atoms with Crippen molar-refractivity contribution in [2.75, 3.05) is 13.2 Å². The Bertz CT molecular complexity index is 230. The molecule has 0 aromatic rings. The molecule has 0 aromatic heterocycles. The van der Waals surface area contributed by atoms with E-state index in [1.54, 1.807) is 0 Å². The molecule has 2 heterocycles. The minimum Gasteiger partial charge on any atom is -0.381 e. The number of ketones is 1. The van der Waals surface area contributed by atoms with Crippen LogP contribution < -0.4 is 5.32 Å². The van der Waals surface area contributed by atoms with Gasteiger partial charge in [0.25, 0.3) is 0 Å². The van der Waals surface area contributed by atoms with E-state index in [2.05, 4.69) is 5.32 Å². The van der Waals surface area contributed by atoms with Crippen LogP contribution in [0.5, 0.6) is 0 Å².